The molecule has 3 rings (SSSR count). The number of aliphatic carboxylic acids is 1. The number of carboxylic acid groups (broad SMARTS) is 1. The summed E-state index contributed by atoms with van der Waals surface area (Å²) in [4.78, 5) is 13.2. The Labute approximate surface area is 118 Å². The Kier molecular flexibility index (Phi) is 3.26. The van der Waals surface area contributed by atoms with Gasteiger partial charge in [-0.05, 0) is 62.6 Å². The monoisotopic (exact) mass is 273 g/mol. The number of fused-ring (bicyclic) bond motifs is 1. The quantitative estimate of drug-likeness (QED) is 0.933. The van der Waals surface area contributed by atoms with Crippen molar-refractivity contribution in [3.8, 4) is 0 Å². The maximum Gasteiger partial charge on any atom is 0.320 e. The van der Waals surface area contributed by atoms with Crippen molar-refractivity contribution in [1.29, 1.82) is 0 Å². The molecular weight excluding hydrogens is 254 g/mol. The number of nitrogens with zero attached hydrogens (tertiary/aromatic N) is 1. The lowest BCUT2D eigenvalue weighted by Crippen LogP contribution is -2.35. The van der Waals surface area contributed by atoms with Gasteiger partial charge in [-0.15, -0.1) is 0 Å². The molecule has 106 valence electrons. The number of likely N-dealkylation sites (tertiary alicyclic amines) is 1. The SMILES string of the molecule is Cc1cc2cc(CN3CCC[C@@H]3C(=O)O)oc2cc1C. The van der Waals surface area contributed by atoms with Gasteiger partial charge < -0.3 is 9.52 Å². The van der Waals surface area contributed by atoms with Crippen molar-refractivity contribution in [2.75, 3.05) is 6.54 Å². The van der Waals surface area contributed by atoms with E-state index in [1.807, 2.05) is 17.0 Å². The van der Waals surface area contributed by atoms with Gasteiger partial charge in [-0.1, -0.05) is 0 Å². The van der Waals surface area contributed by atoms with Crippen LogP contribution in [0, 0.1) is 13.8 Å². The summed E-state index contributed by atoms with van der Waals surface area (Å²) < 4.78 is 5.86. The van der Waals surface area contributed by atoms with Gasteiger partial charge in [0.05, 0.1) is 6.54 Å². The van der Waals surface area contributed by atoms with E-state index in [1.54, 1.807) is 0 Å². The van der Waals surface area contributed by atoms with Gasteiger partial charge in [-0.2, -0.15) is 0 Å². The fraction of sp³-hybridized carbons (Fsp3) is 0.438. The van der Waals surface area contributed by atoms with Crippen molar-refractivity contribution >= 4 is 16.9 Å². The molecule has 4 nitrogen and oxygen atoms in total. The fourth-order valence-electron chi connectivity index (χ4n) is 2.93. The zero-order valence-corrected chi connectivity index (χ0v) is 11.8. The van der Waals surface area contributed by atoms with Crippen LogP contribution in [0.3, 0.4) is 0 Å². The van der Waals surface area contributed by atoms with E-state index in [0.717, 1.165) is 36.1 Å². The zero-order chi connectivity index (χ0) is 14.3. The second kappa shape index (κ2) is 4.94. The molecule has 1 saturated heterocycles. The number of hydrogen-bond donors (Lipinski definition) is 1. The molecule has 1 aromatic heterocycles. The summed E-state index contributed by atoms with van der Waals surface area (Å²) in [5, 5.41) is 10.3. The van der Waals surface area contributed by atoms with Gasteiger partial charge in [0, 0.05) is 5.39 Å². The van der Waals surface area contributed by atoms with Crippen LogP contribution < -0.4 is 0 Å². The van der Waals surface area contributed by atoms with Crippen LogP contribution >= 0.6 is 0 Å². The topological polar surface area (TPSA) is 53.7 Å². The molecule has 1 aliphatic rings. The van der Waals surface area contributed by atoms with E-state index < -0.39 is 5.97 Å². The molecule has 20 heavy (non-hydrogen) atoms. The van der Waals surface area contributed by atoms with E-state index in [0.29, 0.717) is 6.54 Å². The van der Waals surface area contributed by atoms with Crippen molar-refractivity contribution in [2.45, 2.75) is 39.3 Å². The van der Waals surface area contributed by atoms with E-state index in [9.17, 15) is 9.90 Å². The molecule has 0 unspecified atom stereocenters. The summed E-state index contributed by atoms with van der Waals surface area (Å²) in [6, 6.07) is 5.83. The predicted octanol–water partition coefficient (Wildman–Crippen LogP) is 3.10. The van der Waals surface area contributed by atoms with Crippen LogP contribution in [0.25, 0.3) is 11.0 Å². The highest BCUT2D eigenvalue weighted by Crippen LogP contribution is 2.26. The number of carbonyl (C=O) groups is 1. The Hall–Kier alpha value is -1.81. The molecule has 2 aromatic rings. The highest BCUT2D eigenvalue weighted by atomic mass is 16.4. The molecule has 0 spiro atoms. The molecule has 1 aliphatic heterocycles. The smallest absolute Gasteiger partial charge is 0.320 e. The summed E-state index contributed by atoms with van der Waals surface area (Å²) in [5.41, 5.74) is 3.34. The summed E-state index contributed by atoms with van der Waals surface area (Å²) in [5.74, 6) is 0.114. The van der Waals surface area contributed by atoms with Gasteiger partial charge in [0.15, 0.2) is 0 Å². The molecule has 2 heterocycles. The molecule has 1 fully saturated rings. The zero-order valence-electron chi connectivity index (χ0n) is 11.8. The third-order valence-corrected chi connectivity index (χ3v) is 4.19. The van der Waals surface area contributed by atoms with Crippen LogP contribution in [0.2, 0.25) is 0 Å². The average molecular weight is 273 g/mol. The lowest BCUT2D eigenvalue weighted by atomic mass is 10.1. The van der Waals surface area contributed by atoms with E-state index in [1.165, 1.54) is 11.1 Å². The fourth-order valence-corrected chi connectivity index (χ4v) is 2.93. The Bertz CT molecular complexity index is 620. The second-order valence-electron chi connectivity index (χ2n) is 5.65. The van der Waals surface area contributed by atoms with Crippen LogP contribution in [0.15, 0.2) is 22.6 Å². The number of aryl methyl sites for hydroxylation is 2. The minimum Gasteiger partial charge on any atom is -0.480 e. The Morgan fingerprint density at radius 3 is 2.85 bits per heavy atom. The largest absolute Gasteiger partial charge is 0.480 e. The second-order valence-corrected chi connectivity index (χ2v) is 5.65. The Balaban J connectivity index is 1.86. The van der Waals surface area contributed by atoms with E-state index >= 15 is 0 Å². The molecule has 0 amide bonds. The molecule has 0 aliphatic carbocycles. The molecule has 0 bridgehead atoms. The number of furan rings is 1. The van der Waals surface area contributed by atoms with Crippen molar-refractivity contribution in [2.24, 2.45) is 0 Å². The first-order chi connectivity index (χ1) is 9.54. The maximum atomic E-state index is 11.2. The Morgan fingerprint density at radius 2 is 2.10 bits per heavy atom. The third kappa shape index (κ3) is 2.31. The van der Waals surface area contributed by atoms with E-state index in [4.69, 9.17) is 4.42 Å². The van der Waals surface area contributed by atoms with Gasteiger partial charge in [-0.25, -0.2) is 0 Å². The van der Waals surface area contributed by atoms with Crippen molar-refractivity contribution in [3.63, 3.8) is 0 Å². The molecule has 0 radical (unpaired) electrons. The van der Waals surface area contributed by atoms with Crippen LogP contribution in [0.1, 0.15) is 29.7 Å². The van der Waals surface area contributed by atoms with Crippen molar-refractivity contribution in [3.05, 3.63) is 35.1 Å². The molecule has 1 atom stereocenters. The molecule has 0 saturated carbocycles. The van der Waals surface area contributed by atoms with Crippen molar-refractivity contribution < 1.29 is 14.3 Å². The first-order valence-electron chi connectivity index (χ1n) is 7.01. The maximum absolute atomic E-state index is 11.2. The standard InChI is InChI=1S/C16H19NO3/c1-10-6-12-8-13(20-15(12)7-11(10)2)9-17-5-3-4-14(17)16(18)19/h6-8,14H,3-5,9H2,1-2H3,(H,18,19)/t14-/m1/s1. The summed E-state index contributed by atoms with van der Waals surface area (Å²) in [7, 11) is 0. The van der Waals surface area contributed by atoms with Gasteiger partial charge in [-0.3, -0.25) is 9.69 Å². The summed E-state index contributed by atoms with van der Waals surface area (Å²) in [6.45, 7) is 5.55. The summed E-state index contributed by atoms with van der Waals surface area (Å²) in [6.07, 6.45) is 1.67. The third-order valence-electron chi connectivity index (χ3n) is 4.19. The van der Waals surface area contributed by atoms with Crippen LogP contribution in [-0.4, -0.2) is 28.6 Å². The number of hydrogen-bond acceptors (Lipinski definition) is 3. The van der Waals surface area contributed by atoms with Gasteiger partial charge in [0.2, 0.25) is 0 Å². The van der Waals surface area contributed by atoms with Crippen LogP contribution in [0.5, 0.6) is 0 Å². The number of benzene rings is 1. The number of rotatable bonds is 3. The Morgan fingerprint density at radius 1 is 1.35 bits per heavy atom. The predicted molar refractivity (Wildman–Crippen MR) is 76.8 cm³/mol. The van der Waals surface area contributed by atoms with Gasteiger partial charge >= 0.3 is 5.97 Å². The highest BCUT2D eigenvalue weighted by molar-refractivity contribution is 5.79. The van der Waals surface area contributed by atoms with Gasteiger partial charge in [0.25, 0.3) is 0 Å². The van der Waals surface area contributed by atoms with Crippen LogP contribution in [0.4, 0.5) is 0 Å². The molecule has 1 aromatic carbocycles. The molecular formula is C16H19NO3. The van der Waals surface area contributed by atoms with Crippen molar-refractivity contribution in [1.82, 2.24) is 4.90 Å². The first-order valence-corrected chi connectivity index (χ1v) is 7.01. The van der Waals surface area contributed by atoms with Crippen LogP contribution in [-0.2, 0) is 11.3 Å². The van der Waals surface area contributed by atoms with Gasteiger partial charge in [0.1, 0.15) is 17.4 Å². The van der Waals surface area contributed by atoms with E-state index in [-0.39, 0.29) is 6.04 Å². The first kappa shape index (κ1) is 13.2. The lowest BCUT2D eigenvalue weighted by Gasteiger charge is -2.19. The minimum atomic E-state index is -0.731. The lowest BCUT2D eigenvalue weighted by molar-refractivity contribution is -0.142. The molecule has 4 heteroatoms. The minimum absolute atomic E-state index is 0.369. The molecule has 1 N–H and O–H groups in total. The average Bonchev–Trinajstić information content (AvgIpc) is 2.97. The van der Waals surface area contributed by atoms with E-state index in [2.05, 4.69) is 19.9 Å². The highest BCUT2D eigenvalue weighted by Gasteiger charge is 2.30. The number of carboxylic acids is 1. The normalized spacial score (nSPS) is 19.8. The summed E-state index contributed by atoms with van der Waals surface area (Å²) >= 11 is 0.